The van der Waals surface area contributed by atoms with Crippen molar-refractivity contribution in [2.75, 3.05) is 7.11 Å². The Morgan fingerprint density at radius 2 is 2.43 bits per heavy atom. The lowest BCUT2D eigenvalue weighted by atomic mass is 10.1. The molecule has 0 aliphatic rings. The maximum absolute atomic E-state index is 5.94. The molecule has 2 N–H and O–H groups in total. The molecule has 0 aromatic carbocycles. The van der Waals surface area contributed by atoms with Crippen LogP contribution in [0.5, 0.6) is 5.88 Å². The number of pyridine rings is 1. The molecular weight excluding hydrogens is 176 g/mol. The zero-order valence-electron chi connectivity index (χ0n) is 8.44. The van der Waals surface area contributed by atoms with E-state index in [2.05, 4.69) is 11.6 Å². The zero-order valence-corrected chi connectivity index (χ0v) is 8.44. The van der Waals surface area contributed by atoms with Gasteiger partial charge in [0.1, 0.15) is 0 Å². The molecule has 0 aliphatic carbocycles. The summed E-state index contributed by atoms with van der Waals surface area (Å²) in [5.41, 5.74) is 6.98. The van der Waals surface area contributed by atoms with Crippen molar-refractivity contribution < 1.29 is 4.74 Å². The Kier molecular flexibility index (Phi) is 4.13. The van der Waals surface area contributed by atoms with Crippen LogP contribution in [0, 0.1) is 0 Å². The van der Waals surface area contributed by atoms with Gasteiger partial charge in [-0.05, 0) is 18.4 Å². The van der Waals surface area contributed by atoms with Gasteiger partial charge >= 0.3 is 0 Å². The third-order valence-electron chi connectivity index (χ3n) is 2.08. The maximum atomic E-state index is 5.94. The number of nitrogens with two attached hydrogens (primary N) is 1. The van der Waals surface area contributed by atoms with E-state index in [4.69, 9.17) is 10.5 Å². The summed E-state index contributed by atoms with van der Waals surface area (Å²) in [6, 6.07) is 3.80. The Labute approximate surface area is 84.6 Å². The molecule has 1 aromatic rings. The normalized spacial score (nSPS) is 12.1. The maximum Gasteiger partial charge on any atom is 0.212 e. The monoisotopic (exact) mass is 192 g/mol. The molecule has 0 radical (unpaired) electrons. The van der Waals surface area contributed by atoms with Crippen LogP contribution < -0.4 is 10.5 Å². The molecule has 1 aromatic heterocycles. The number of allylic oxidation sites excluding steroid dienone is 1. The highest BCUT2D eigenvalue weighted by atomic mass is 16.5. The average molecular weight is 192 g/mol. The van der Waals surface area contributed by atoms with Gasteiger partial charge in [-0.1, -0.05) is 12.1 Å². The Balaban J connectivity index is 2.61. The first kappa shape index (κ1) is 10.7. The minimum Gasteiger partial charge on any atom is -0.481 e. The van der Waals surface area contributed by atoms with Crippen LogP contribution in [-0.2, 0) is 0 Å². The van der Waals surface area contributed by atoms with Gasteiger partial charge in [0, 0.05) is 18.3 Å². The van der Waals surface area contributed by atoms with Gasteiger partial charge in [0.15, 0.2) is 0 Å². The molecular formula is C11H16N2O. The van der Waals surface area contributed by atoms with Crippen molar-refractivity contribution in [2.45, 2.75) is 18.9 Å². The molecule has 3 heteroatoms. The summed E-state index contributed by atoms with van der Waals surface area (Å²) in [5, 5.41) is 0. The third kappa shape index (κ3) is 2.85. The molecule has 0 aliphatic heterocycles. The molecule has 1 rings (SSSR count). The second kappa shape index (κ2) is 5.40. The van der Waals surface area contributed by atoms with Gasteiger partial charge in [0.2, 0.25) is 5.88 Å². The fraction of sp³-hybridized carbons (Fsp3) is 0.364. The molecule has 0 bridgehead atoms. The predicted octanol–water partition coefficient (Wildman–Crippen LogP) is 2.06. The van der Waals surface area contributed by atoms with E-state index >= 15 is 0 Å². The molecule has 0 unspecified atom stereocenters. The summed E-state index contributed by atoms with van der Waals surface area (Å²) >= 11 is 0. The highest BCUT2D eigenvalue weighted by molar-refractivity contribution is 5.20. The highest BCUT2D eigenvalue weighted by Crippen LogP contribution is 2.16. The number of hydrogen-bond acceptors (Lipinski definition) is 3. The number of methoxy groups -OCH3 is 1. The molecule has 14 heavy (non-hydrogen) atoms. The molecule has 0 saturated heterocycles. The topological polar surface area (TPSA) is 48.1 Å². The van der Waals surface area contributed by atoms with E-state index in [-0.39, 0.29) is 6.04 Å². The quantitative estimate of drug-likeness (QED) is 0.726. The van der Waals surface area contributed by atoms with Crippen LogP contribution in [0.1, 0.15) is 24.4 Å². The van der Waals surface area contributed by atoms with Gasteiger partial charge in [0.25, 0.3) is 0 Å². The summed E-state index contributed by atoms with van der Waals surface area (Å²) in [6.07, 6.45) is 5.45. The lowest BCUT2D eigenvalue weighted by Gasteiger charge is -2.10. The second-order valence-corrected chi connectivity index (χ2v) is 3.11. The van der Waals surface area contributed by atoms with Crippen molar-refractivity contribution in [1.29, 1.82) is 0 Å². The van der Waals surface area contributed by atoms with E-state index in [9.17, 15) is 0 Å². The van der Waals surface area contributed by atoms with Gasteiger partial charge in [-0.3, -0.25) is 0 Å². The van der Waals surface area contributed by atoms with Gasteiger partial charge in [-0.15, -0.1) is 6.58 Å². The fourth-order valence-corrected chi connectivity index (χ4v) is 1.20. The first-order chi connectivity index (χ1) is 6.77. The smallest absolute Gasteiger partial charge is 0.212 e. The van der Waals surface area contributed by atoms with Crippen LogP contribution in [0.25, 0.3) is 0 Å². The minimum atomic E-state index is 0.0337. The van der Waals surface area contributed by atoms with E-state index in [0.717, 1.165) is 18.4 Å². The highest BCUT2D eigenvalue weighted by Gasteiger charge is 2.05. The van der Waals surface area contributed by atoms with Crippen LogP contribution in [0.3, 0.4) is 0 Å². The van der Waals surface area contributed by atoms with Crippen molar-refractivity contribution in [3.8, 4) is 5.88 Å². The first-order valence-corrected chi connectivity index (χ1v) is 4.64. The van der Waals surface area contributed by atoms with Crippen LogP contribution >= 0.6 is 0 Å². The largest absolute Gasteiger partial charge is 0.481 e. The number of aromatic nitrogens is 1. The van der Waals surface area contributed by atoms with Crippen LogP contribution in [0.4, 0.5) is 0 Å². The Hall–Kier alpha value is -1.35. The molecule has 0 fully saturated rings. The summed E-state index contributed by atoms with van der Waals surface area (Å²) < 4.78 is 4.96. The fourth-order valence-electron chi connectivity index (χ4n) is 1.20. The van der Waals surface area contributed by atoms with Gasteiger partial charge in [-0.25, -0.2) is 4.98 Å². The number of hydrogen-bond donors (Lipinski definition) is 1. The van der Waals surface area contributed by atoms with Gasteiger partial charge < -0.3 is 10.5 Å². The van der Waals surface area contributed by atoms with Crippen molar-refractivity contribution in [1.82, 2.24) is 4.98 Å². The summed E-state index contributed by atoms with van der Waals surface area (Å²) in [5.74, 6) is 0.615. The van der Waals surface area contributed by atoms with Gasteiger partial charge in [-0.2, -0.15) is 0 Å². The van der Waals surface area contributed by atoms with Crippen molar-refractivity contribution >= 4 is 0 Å². The Bertz CT molecular complexity index is 282. The number of rotatable bonds is 5. The number of ether oxygens (including phenoxy) is 1. The summed E-state index contributed by atoms with van der Waals surface area (Å²) in [4.78, 5) is 4.10. The molecule has 1 atom stereocenters. The van der Waals surface area contributed by atoms with E-state index in [0.29, 0.717) is 5.88 Å². The predicted molar refractivity (Wildman–Crippen MR) is 57.1 cm³/mol. The molecule has 0 saturated carbocycles. The standard InChI is InChI=1S/C11H16N2O/c1-3-4-5-10(12)9-6-7-11(14-2)13-8-9/h3,6-8,10H,1,4-5,12H2,2H3/t10-/m1/s1. The van der Waals surface area contributed by atoms with E-state index in [1.165, 1.54) is 0 Å². The van der Waals surface area contributed by atoms with Crippen molar-refractivity contribution in [3.63, 3.8) is 0 Å². The first-order valence-electron chi connectivity index (χ1n) is 4.64. The summed E-state index contributed by atoms with van der Waals surface area (Å²) in [7, 11) is 1.60. The molecule has 0 spiro atoms. The molecule has 3 nitrogen and oxygen atoms in total. The molecule has 0 amide bonds. The van der Waals surface area contributed by atoms with E-state index in [1.54, 1.807) is 13.3 Å². The SMILES string of the molecule is C=CCC[C@@H](N)c1ccc(OC)nc1. The Morgan fingerprint density at radius 3 is 2.93 bits per heavy atom. The van der Waals surface area contributed by atoms with E-state index < -0.39 is 0 Å². The van der Waals surface area contributed by atoms with Crippen molar-refractivity contribution in [3.05, 3.63) is 36.5 Å². The lowest BCUT2D eigenvalue weighted by Crippen LogP contribution is -2.10. The van der Waals surface area contributed by atoms with Crippen LogP contribution in [-0.4, -0.2) is 12.1 Å². The minimum absolute atomic E-state index is 0.0337. The van der Waals surface area contributed by atoms with Crippen LogP contribution in [0.15, 0.2) is 31.0 Å². The van der Waals surface area contributed by atoms with E-state index in [1.807, 2.05) is 18.2 Å². The summed E-state index contributed by atoms with van der Waals surface area (Å²) in [6.45, 7) is 3.66. The third-order valence-corrected chi connectivity index (χ3v) is 2.08. The molecule has 76 valence electrons. The van der Waals surface area contributed by atoms with Crippen molar-refractivity contribution in [2.24, 2.45) is 5.73 Å². The zero-order chi connectivity index (χ0) is 10.4. The van der Waals surface area contributed by atoms with Crippen LogP contribution in [0.2, 0.25) is 0 Å². The van der Waals surface area contributed by atoms with Gasteiger partial charge in [0.05, 0.1) is 7.11 Å². The lowest BCUT2D eigenvalue weighted by molar-refractivity contribution is 0.397. The Morgan fingerprint density at radius 1 is 1.64 bits per heavy atom. The number of nitrogens with zero attached hydrogens (tertiary/aromatic N) is 1. The molecule has 1 heterocycles. The second-order valence-electron chi connectivity index (χ2n) is 3.11. The average Bonchev–Trinajstić information content (AvgIpc) is 2.26.